The van der Waals surface area contributed by atoms with Crippen molar-refractivity contribution in [3.8, 4) is 0 Å². The quantitative estimate of drug-likeness (QED) is 0.839. The summed E-state index contributed by atoms with van der Waals surface area (Å²) >= 11 is 0. The van der Waals surface area contributed by atoms with E-state index >= 15 is 0 Å². The number of hydrogen-bond donors (Lipinski definition) is 1. The maximum absolute atomic E-state index is 12.7. The second-order valence-corrected chi connectivity index (χ2v) is 7.27. The monoisotopic (exact) mass is 335 g/mol. The van der Waals surface area contributed by atoms with Crippen LogP contribution in [0.5, 0.6) is 0 Å². The van der Waals surface area contributed by atoms with E-state index in [2.05, 4.69) is 4.72 Å². The summed E-state index contributed by atoms with van der Waals surface area (Å²) in [6.07, 6.45) is 2.78. The summed E-state index contributed by atoms with van der Waals surface area (Å²) in [5, 5.41) is 0. The molecular weight excluding hydrogens is 314 g/mol. The molecule has 1 N–H and O–H groups in total. The Hall–Kier alpha value is -1.76. The molecule has 1 aliphatic carbocycles. The van der Waals surface area contributed by atoms with E-state index < -0.39 is 15.7 Å². The first-order chi connectivity index (χ1) is 10.7. The second-order valence-electron chi connectivity index (χ2n) is 5.59. The Balaban J connectivity index is 2.47. The number of carbonyl (C=O) groups is 1. The third kappa shape index (κ3) is 3.44. The topological polar surface area (TPSA) is 72.5 Å². The third-order valence-electron chi connectivity index (χ3n) is 3.80. The van der Waals surface area contributed by atoms with E-state index in [1.165, 1.54) is 12.2 Å². The highest BCUT2D eigenvalue weighted by Crippen LogP contribution is 2.32. The Morgan fingerprint density at radius 1 is 1.04 bits per heavy atom. The maximum Gasteiger partial charge on any atom is 0.243 e. The highest BCUT2D eigenvalue weighted by atomic mass is 32.2. The largest absolute Gasteiger partial charge is 0.352 e. The van der Waals surface area contributed by atoms with Gasteiger partial charge >= 0.3 is 0 Å². The van der Waals surface area contributed by atoms with Crippen LogP contribution in [0.1, 0.15) is 26.3 Å². The van der Waals surface area contributed by atoms with Crippen LogP contribution in [-0.2, 0) is 19.6 Å². The van der Waals surface area contributed by atoms with Crippen LogP contribution in [0.2, 0.25) is 0 Å². The van der Waals surface area contributed by atoms with Crippen LogP contribution in [0.3, 0.4) is 0 Å². The van der Waals surface area contributed by atoms with Gasteiger partial charge in [0, 0.05) is 6.61 Å². The van der Waals surface area contributed by atoms with Gasteiger partial charge in [-0.05, 0) is 63.1 Å². The first-order valence-corrected chi connectivity index (χ1v) is 8.85. The predicted octanol–water partition coefficient (Wildman–Crippen LogP) is 2.48. The summed E-state index contributed by atoms with van der Waals surface area (Å²) in [6, 6.07) is 6.56. The molecule has 124 valence electrons. The zero-order valence-corrected chi connectivity index (χ0v) is 14.5. The van der Waals surface area contributed by atoms with Gasteiger partial charge in [-0.15, -0.1) is 0 Å². The van der Waals surface area contributed by atoms with Gasteiger partial charge in [0.05, 0.1) is 4.90 Å². The highest BCUT2D eigenvalue weighted by molar-refractivity contribution is 7.89. The van der Waals surface area contributed by atoms with Crippen LogP contribution in [0.4, 0.5) is 0 Å². The van der Waals surface area contributed by atoms with Gasteiger partial charge in [-0.1, -0.05) is 17.7 Å². The average Bonchev–Trinajstić information content (AvgIpc) is 2.45. The van der Waals surface area contributed by atoms with E-state index in [4.69, 9.17) is 4.74 Å². The lowest BCUT2D eigenvalue weighted by Gasteiger charge is -2.37. The minimum absolute atomic E-state index is 0.152. The molecule has 0 aromatic heterocycles. The van der Waals surface area contributed by atoms with Crippen molar-refractivity contribution in [1.29, 1.82) is 0 Å². The Labute approximate surface area is 137 Å². The van der Waals surface area contributed by atoms with E-state index in [0.29, 0.717) is 17.8 Å². The van der Waals surface area contributed by atoms with E-state index in [9.17, 15) is 13.2 Å². The SMILES string of the molecule is CCOC1(NS(=O)(=O)c2ccc(C)cc2)C(C)=CC(=O)C=C1C. The van der Waals surface area contributed by atoms with Crippen molar-refractivity contribution in [3.05, 3.63) is 53.1 Å². The molecule has 0 heterocycles. The summed E-state index contributed by atoms with van der Waals surface area (Å²) in [6.45, 7) is 7.32. The summed E-state index contributed by atoms with van der Waals surface area (Å²) in [5.74, 6) is -0.176. The number of ether oxygens (including phenoxy) is 1. The number of sulfonamides is 1. The smallest absolute Gasteiger partial charge is 0.243 e. The lowest BCUT2D eigenvalue weighted by atomic mass is 9.90. The summed E-state index contributed by atoms with van der Waals surface area (Å²) in [4.78, 5) is 11.8. The fourth-order valence-corrected chi connectivity index (χ4v) is 3.95. The molecule has 0 spiro atoms. The fraction of sp³-hybridized carbons (Fsp3) is 0.353. The molecule has 0 saturated carbocycles. The fourth-order valence-electron chi connectivity index (χ4n) is 2.58. The van der Waals surface area contributed by atoms with Crippen molar-refractivity contribution in [2.45, 2.75) is 38.3 Å². The van der Waals surface area contributed by atoms with E-state index in [1.807, 2.05) is 6.92 Å². The molecule has 0 bridgehead atoms. The van der Waals surface area contributed by atoms with Crippen LogP contribution in [0.25, 0.3) is 0 Å². The van der Waals surface area contributed by atoms with Gasteiger partial charge in [0.1, 0.15) is 0 Å². The zero-order chi connectivity index (χ0) is 17.3. The third-order valence-corrected chi connectivity index (χ3v) is 5.25. The van der Waals surface area contributed by atoms with Crippen molar-refractivity contribution in [2.75, 3.05) is 6.61 Å². The van der Waals surface area contributed by atoms with Crippen molar-refractivity contribution in [2.24, 2.45) is 0 Å². The molecule has 2 rings (SSSR count). The molecule has 0 saturated heterocycles. The number of aryl methyl sites for hydroxylation is 1. The van der Waals surface area contributed by atoms with Gasteiger partial charge in [0.2, 0.25) is 10.0 Å². The van der Waals surface area contributed by atoms with Crippen LogP contribution < -0.4 is 4.72 Å². The summed E-state index contributed by atoms with van der Waals surface area (Å²) in [5.41, 5.74) is 0.672. The van der Waals surface area contributed by atoms with Crippen LogP contribution in [-0.4, -0.2) is 26.5 Å². The Bertz CT molecular complexity index is 751. The molecule has 1 aromatic carbocycles. The molecule has 5 nitrogen and oxygen atoms in total. The predicted molar refractivity (Wildman–Crippen MR) is 88.4 cm³/mol. The average molecular weight is 335 g/mol. The standard InChI is InChI=1S/C17H21NO4S/c1-5-22-17(13(3)10-15(19)11-14(17)4)18-23(20,21)16-8-6-12(2)7-9-16/h6-11,18H,5H2,1-4H3. The van der Waals surface area contributed by atoms with Gasteiger partial charge in [-0.25, -0.2) is 8.42 Å². The normalized spacial score (nSPS) is 17.7. The lowest BCUT2D eigenvalue weighted by Crippen LogP contribution is -2.53. The van der Waals surface area contributed by atoms with Crippen LogP contribution >= 0.6 is 0 Å². The molecule has 0 radical (unpaired) electrons. The summed E-state index contributed by atoms with van der Waals surface area (Å²) < 4.78 is 33.8. The van der Waals surface area contributed by atoms with Crippen molar-refractivity contribution < 1.29 is 17.9 Å². The molecule has 1 aromatic rings. The highest BCUT2D eigenvalue weighted by Gasteiger charge is 2.41. The van der Waals surface area contributed by atoms with Gasteiger partial charge in [-0.3, -0.25) is 4.79 Å². The van der Waals surface area contributed by atoms with Gasteiger partial charge in [-0.2, -0.15) is 4.72 Å². The number of benzene rings is 1. The molecule has 0 aliphatic heterocycles. The molecule has 23 heavy (non-hydrogen) atoms. The number of rotatable bonds is 5. The number of hydrogen-bond acceptors (Lipinski definition) is 4. The minimum Gasteiger partial charge on any atom is -0.352 e. The molecule has 0 atom stereocenters. The van der Waals surface area contributed by atoms with E-state index in [1.54, 1.807) is 45.0 Å². The number of allylic oxidation sites excluding steroid dienone is 2. The van der Waals surface area contributed by atoms with E-state index in [0.717, 1.165) is 5.56 Å². The van der Waals surface area contributed by atoms with Gasteiger partial charge in [0.15, 0.2) is 11.5 Å². The summed E-state index contributed by atoms with van der Waals surface area (Å²) in [7, 11) is -3.81. The Morgan fingerprint density at radius 3 is 2.04 bits per heavy atom. The van der Waals surface area contributed by atoms with Crippen LogP contribution in [0, 0.1) is 6.92 Å². The minimum atomic E-state index is -3.81. The maximum atomic E-state index is 12.7. The Morgan fingerprint density at radius 2 is 1.57 bits per heavy atom. The number of nitrogens with one attached hydrogen (secondary N) is 1. The molecule has 1 aliphatic rings. The molecule has 0 unspecified atom stereocenters. The first kappa shape index (κ1) is 17.6. The number of ketones is 1. The first-order valence-electron chi connectivity index (χ1n) is 7.37. The number of carbonyl (C=O) groups excluding carboxylic acids is 1. The Kier molecular flexibility index (Phi) is 4.89. The second kappa shape index (κ2) is 6.39. The molecule has 0 fully saturated rings. The zero-order valence-electron chi connectivity index (χ0n) is 13.7. The molecule has 0 amide bonds. The van der Waals surface area contributed by atoms with Crippen molar-refractivity contribution in [1.82, 2.24) is 4.72 Å². The molecule has 6 heteroatoms. The van der Waals surface area contributed by atoms with Crippen LogP contribution in [0.15, 0.2) is 52.5 Å². The molecular formula is C17H21NO4S. The van der Waals surface area contributed by atoms with Crippen molar-refractivity contribution >= 4 is 15.8 Å². The van der Waals surface area contributed by atoms with Gasteiger partial charge < -0.3 is 4.74 Å². The van der Waals surface area contributed by atoms with E-state index in [-0.39, 0.29) is 10.7 Å². The van der Waals surface area contributed by atoms with Gasteiger partial charge in [0.25, 0.3) is 0 Å². The van der Waals surface area contributed by atoms with Crippen molar-refractivity contribution in [3.63, 3.8) is 0 Å². The lowest BCUT2D eigenvalue weighted by molar-refractivity contribution is -0.111.